The number of epoxide rings is 1. The van der Waals surface area contributed by atoms with Crippen molar-refractivity contribution in [3.63, 3.8) is 0 Å². The molecule has 1 fully saturated rings. The second-order valence-corrected chi connectivity index (χ2v) is 10.1. The van der Waals surface area contributed by atoms with Crippen LogP contribution in [0.25, 0.3) is 0 Å². The van der Waals surface area contributed by atoms with Crippen molar-refractivity contribution >= 4 is 40.6 Å². The number of aromatic nitrogens is 2. The first kappa shape index (κ1) is 28.3. The van der Waals surface area contributed by atoms with Gasteiger partial charge in [0, 0.05) is 25.0 Å². The van der Waals surface area contributed by atoms with Crippen molar-refractivity contribution in [1.29, 1.82) is 0 Å². The lowest BCUT2D eigenvalue weighted by atomic mass is 9.93. The quantitative estimate of drug-likeness (QED) is 0.285. The number of hydrogen-bond acceptors (Lipinski definition) is 10. The van der Waals surface area contributed by atoms with Crippen molar-refractivity contribution < 1.29 is 33.2 Å². The van der Waals surface area contributed by atoms with E-state index in [0.29, 0.717) is 24.5 Å². The zero-order chi connectivity index (χ0) is 27.2. The highest BCUT2D eigenvalue weighted by Crippen LogP contribution is 2.29. The molecule has 200 valence electrons. The highest BCUT2D eigenvalue weighted by atomic mass is 32.1. The number of nitrogens with zero attached hydrogens (tertiary/aromatic N) is 3. The van der Waals surface area contributed by atoms with Crippen molar-refractivity contribution in [3.8, 4) is 0 Å². The van der Waals surface area contributed by atoms with Crippen LogP contribution in [-0.2, 0) is 30.3 Å². The van der Waals surface area contributed by atoms with Gasteiger partial charge in [-0.15, -0.1) is 11.3 Å². The van der Waals surface area contributed by atoms with Gasteiger partial charge in [0.05, 0.1) is 30.5 Å². The number of amides is 3. The maximum absolute atomic E-state index is 13.4. The highest BCUT2D eigenvalue weighted by molar-refractivity contribution is 7.07. The lowest BCUT2D eigenvalue weighted by Gasteiger charge is -2.25. The molecule has 3 heterocycles. The molecule has 0 saturated carbocycles. The Balaban J connectivity index is 1.80. The summed E-state index contributed by atoms with van der Waals surface area (Å²) in [4.78, 5) is 60.0. The average molecular weight is 534 g/mol. The molecule has 2 N–H and O–H groups in total. The molecule has 3 amide bonds. The van der Waals surface area contributed by atoms with E-state index in [1.54, 1.807) is 24.7 Å². The number of carbonyl (C=O) groups is 4. The summed E-state index contributed by atoms with van der Waals surface area (Å²) >= 11 is 1.34. The molecule has 3 rings (SSSR count). The molecule has 0 aromatic carbocycles. The summed E-state index contributed by atoms with van der Waals surface area (Å²) in [5, 5.41) is 10.8. The van der Waals surface area contributed by atoms with Gasteiger partial charge in [0.15, 0.2) is 11.5 Å². The number of rotatable bonds is 13. The molecule has 2 unspecified atom stereocenters. The average Bonchev–Trinajstić information content (AvgIpc) is 3.20. The van der Waals surface area contributed by atoms with Crippen LogP contribution < -0.4 is 10.6 Å². The maximum Gasteiger partial charge on any atom is 0.299 e. The van der Waals surface area contributed by atoms with Crippen molar-refractivity contribution in [2.75, 3.05) is 20.3 Å². The summed E-state index contributed by atoms with van der Waals surface area (Å²) in [6.07, 6.45) is 0.469. The third kappa shape index (κ3) is 7.84. The van der Waals surface area contributed by atoms with E-state index < -0.39 is 35.4 Å². The zero-order valence-electron chi connectivity index (χ0n) is 21.4. The predicted molar refractivity (Wildman–Crippen MR) is 133 cm³/mol. The molecule has 0 aliphatic carbocycles. The van der Waals surface area contributed by atoms with Gasteiger partial charge in [-0.2, -0.15) is 0 Å². The van der Waals surface area contributed by atoms with Crippen molar-refractivity contribution in [2.45, 2.75) is 58.2 Å². The molecule has 13 heteroatoms. The van der Waals surface area contributed by atoms with Crippen LogP contribution in [0.3, 0.4) is 0 Å². The molecule has 2 aromatic rings. The van der Waals surface area contributed by atoms with Crippen LogP contribution in [0.15, 0.2) is 26.5 Å². The van der Waals surface area contributed by atoms with E-state index in [1.807, 2.05) is 13.8 Å². The van der Waals surface area contributed by atoms with Gasteiger partial charge in [-0.05, 0) is 26.2 Å². The second kappa shape index (κ2) is 12.3. The fourth-order valence-electron chi connectivity index (χ4n) is 3.52. The van der Waals surface area contributed by atoms with Crippen molar-refractivity contribution in [2.24, 2.45) is 10.9 Å². The van der Waals surface area contributed by atoms with Gasteiger partial charge in [-0.1, -0.05) is 19.0 Å². The van der Waals surface area contributed by atoms with Gasteiger partial charge in [-0.25, -0.2) is 9.98 Å². The number of Topliss-reactive ketones (excluding diaryl/α,β-unsaturated/α-hetero) is 1. The van der Waals surface area contributed by atoms with Gasteiger partial charge < -0.3 is 24.6 Å². The Hall–Kier alpha value is -3.29. The minimum atomic E-state index is -1.10. The van der Waals surface area contributed by atoms with Gasteiger partial charge in [-0.3, -0.25) is 19.2 Å². The Labute approximate surface area is 218 Å². The van der Waals surface area contributed by atoms with Crippen LogP contribution in [-0.4, -0.2) is 77.4 Å². The van der Waals surface area contributed by atoms with Crippen LogP contribution in [0.1, 0.15) is 49.1 Å². The van der Waals surface area contributed by atoms with Crippen LogP contribution in [0.2, 0.25) is 0 Å². The van der Waals surface area contributed by atoms with E-state index in [4.69, 9.17) is 14.0 Å². The smallest absolute Gasteiger partial charge is 0.299 e. The molecular weight excluding hydrogens is 502 g/mol. The van der Waals surface area contributed by atoms with Crippen LogP contribution in [0.4, 0.5) is 0 Å². The summed E-state index contributed by atoms with van der Waals surface area (Å²) in [6.45, 7) is 7.19. The molecule has 0 radical (unpaired) electrons. The molecule has 0 bridgehead atoms. The number of methoxy groups -OCH3 is 1. The van der Waals surface area contributed by atoms with E-state index in [2.05, 4.69) is 25.8 Å². The number of carbonyl (C=O) groups excluding carboxylic acids is 4. The number of ether oxygens (including phenoxy) is 2. The summed E-state index contributed by atoms with van der Waals surface area (Å²) in [6, 6.07) is -0.502. The van der Waals surface area contributed by atoms with Gasteiger partial charge >= 0.3 is 0 Å². The monoisotopic (exact) mass is 533 g/mol. The third-order valence-corrected chi connectivity index (χ3v) is 6.22. The summed E-state index contributed by atoms with van der Waals surface area (Å²) < 4.78 is 15.2. The maximum atomic E-state index is 13.4. The first-order chi connectivity index (χ1) is 17.5. The molecule has 0 spiro atoms. The van der Waals surface area contributed by atoms with E-state index in [-0.39, 0.29) is 36.1 Å². The first-order valence-corrected chi connectivity index (χ1v) is 12.7. The number of hydrogen-bond donors (Lipinski definition) is 2. The van der Waals surface area contributed by atoms with Crippen LogP contribution >= 0.6 is 11.3 Å². The summed E-state index contributed by atoms with van der Waals surface area (Å²) in [5.41, 5.74) is 0.950. The molecule has 1 aliphatic heterocycles. The summed E-state index contributed by atoms with van der Waals surface area (Å²) in [7, 11) is 1.34. The Morgan fingerprint density at radius 1 is 1.24 bits per heavy atom. The SMILES string of the molecule is COCC(=NC(=O)c1cc(C)on1)C(=O)N[C@@H](Cc1cscn1)C(=O)NC(CC(C)C)C(=O)C1(C)CO1. The molecular formula is C24H31N5O7S. The Morgan fingerprint density at radius 3 is 2.51 bits per heavy atom. The fraction of sp³-hybridized carbons (Fsp3) is 0.542. The molecule has 3 atom stereocenters. The van der Waals surface area contributed by atoms with E-state index in [0.717, 1.165) is 0 Å². The topological polar surface area (TPSA) is 165 Å². The van der Waals surface area contributed by atoms with Crippen molar-refractivity contribution in [1.82, 2.24) is 20.8 Å². The number of ketones is 1. The van der Waals surface area contributed by atoms with E-state index in [9.17, 15) is 19.2 Å². The highest BCUT2D eigenvalue weighted by Gasteiger charge is 2.50. The number of thiazole rings is 1. The Morgan fingerprint density at radius 2 is 1.97 bits per heavy atom. The molecule has 1 aliphatic rings. The second-order valence-electron chi connectivity index (χ2n) is 9.40. The van der Waals surface area contributed by atoms with Gasteiger partial charge in [0.1, 0.15) is 23.1 Å². The lowest BCUT2D eigenvalue weighted by Crippen LogP contribution is -2.55. The lowest BCUT2D eigenvalue weighted by molar-refractivity contribution is -0.132. The Bertz CT molecular complexity index is 1150. The number of aryl methyl sites for hydroxylation is 1. The predicted octanol–water partition coefficient (Wildman–Crippen LogP) is 1.28. The van der Waals surface area contributed by atoms with E-state index in [1.165, 1.54) is 24.5 Å². The minimum Gasteiger partial charge on any atom is -0.378 e. The minimum absolute atomic E-state index is 0.0636. The van der Waals surface area contributed by atoms with Gasteiger partial charge in [0.25, 0.3) is 11.8 Å². The largest absolute Gasteiger partial charge is 0.378 e. The number of aliphatic imine (C=N–C) groups is 1. The fourth-order valence-corrected chi connectivity index (χ4v) is 4.10. The van der Waals surface area contributed by atoms with Crippen LogP contribution in [0, 0.1) is 12.8 Å². The van der Waals surface area contributed by atoms with Gasteiger partial charge in [0.2, 0.25) is 5.91 Å². The third-order valence-electron chi connectivity index (χ3n) is 5.58. The van der Waals surface area contributed by atoms with E-state index >= 15 is 0 Å². The molecule has 12 nitrogen and oxygen atoms in total. The number of nitrogens with one attached hydrogen (secondary N) is 2. The summed E-state index contributed by atoms with van der Waals surface area (Å²) in [5.74, 6) is -1.83. The molecule has 1 saturated heterocycles. The molecule has 2 aromatic heterocycles. The van der Waals surface area contributed by atoms with Crippen LogP contribution in [0.5, 0.6) is 0 Å². The normalized spacial score (nSPS) is 18.8. The molecule has 37 heavy (non-hydrogen) atoms. The standard InChI is InChI=1S/C24H31N5O7S/c1-13(2)6-16(20(30)24(4)11-35-24)26-21(31)17(8-15-10-37-12-25-15)27-23(33)19(9-34-5)28-22(32)18-7-14(3)36-29-18/h7,10,12-13,16-17H,6,8-9,11H2,1-5H3,(H,26,31)(H,27,33)/t16?,17-,24?/m0/s1. The Kier molecular flexibility index (Phi) is 9.40. The first-order valence-electron chi connectivity index (χ1n) is 11.7. The van der Waals surface area contributed by atoms with Crippen molar-refractivity contribution in [3.05, 3.63) is 34.1 Å². The zero-order valence-corrected chi connectivity index (χ0v) is 22.2.